The highest BCUT2D eigenvalue weighted by Crippen LogP contribution is 2.57. The number of carbonyl (C=O) groups excluding carboxylic acids is 2. The van der Waals surface area contributed by atoms with E-state index >= 15 is 0 Å². The molecule has 0 aromatic rings. The van der Waals surface area contributed by atoms with Gasteiger partial charge in [-0.15, -0.1) is 0 Å². The Kier molecular flexibility index (Phi) is 9.64. The highest BCUT2D eigenvalue weighted by molar-refractivity contribution is 5.87. The van der Waals surface area contributed by atoms with Crippen LogP contribution in [0.5, 0.6) is 0 Å². The molecule has 1 spiro atoms. The first-order valence-electron chi connectivity index (χ1n) is 16.0. The Hall–Kier alpha value is -1.98. The topological polar surface area (TPSA) is 108 Å². The summed E-state index contributed by atoms with van der Waals surface area (Å²) in [6, 6.07) is -0.0742. The predicted octanol–water partition coefficient (Wildman–Crippen LogP) is 4.02. The van der Waals surface area contributed by atoms with Crippen molar-refractivity contribution < 1.29 is 38.0 Å². The van der Waals surface area contributed by atoms with Gasteiger partial charge in [0.25, 0.3) is 0 Å². The van der Waals surface area contributed by atoms with Crippen LogP contribution in [0.15, 0.2) is 24.3 Å². The summed E-state index contributed by atoms with van der Waals surface area (Å²) in [5, 5.41) is 3.10. The molecule has 5 fully saturated rings. The van der Waals surface area contributed by atoms with E-state index in [4.69, 9.17) is 28.4 Å². The van der Waals surface area contributed by atoms with Crippen LogP contribution in [0, 0.1) is 17.3 Å². The molecule has 10 atom stereocenters. The van der Waals surface area contributed by atoms with Gasteiger partial charge in [0.15, 0.2) is 0 Å². The fourth-order valence-electron chi connectivity index (χ4n) is 7.25. The number of nitrogens with one attached hydrogen (secondary N) is 1. The summed E-state index contributed by atoms with van der Waals surface area (Å²) < 4.78 is 35.4. The van der Waals surface area contributed by atoms with Crippen molar-refractivity contribution in [2.45, 2.75) is 115 Å². The zero-order valence-electron chi connectivity index (χ0n) is 27.0. The second-order valence-electron chi connectivity index (χ2n) is 14.3. The van der Waals surface area contributed by atoms with Crippen molar-refractivity contribution >= 4 is 12.0 Å². The minimum absolute atomic E-state index is 0.0742. The molecule has 0 aromatic heterocycles. The normalized spacial score (nSPS) is 41.4. The second kappa shape index (κ2) is 12.8. The van der Waals surface area contributed by atoms with Crippen LogP contribution in [0.3, 0.4) is 0 Å². The molecular formula is C33H52N2O8. The molecule has 0 radical (unpaired) electrons. The minimum Gasteiger partial charge on any atom is -0.442 e. The molecule has 10 nitrogen and oxygen atoms in total. The summed E-state index contributed by atoms with van der Waals surface area (Å²) in [5.41, 5.74) is -0.348. The lowest BCUT2D eigenvalue weighted by molar-refractivity contribution is -0.180. The summed E-state index contributed by atoms with van der Waals surface area (Å²) in [5.74, 6) is 0.656. The van der Waals surface area contributed by atoms with Crippen molar-refractivity contribution in [2.75, 3.05) is 40.0 Å². The molecule has 43 heavy (non-hydrogen) atoms. The summed E-state index contributed by atoms with van der Waals surface area (Å²) in [4.78, 5) is 26.6. The quantitative estimate of drug-likeness (QED) is 0.239. The average molecular weight is 605 g/mol. The number of amides is 2. The van der Waals surface area contributed by atoms with Crippen LogP contribution >= 0.6 is 0 Å². The Bertz CT molecular complexity index is 1070. The van der Waals surface area contributed by atoms with Crippen LogP contribution in [0.2, 0.25) is 0 Å². The number of hydrogen-bond acceptors (Lipinski definition) is 8. The van der Waals surface area contributed by atoms with Gasteiger partial charge >= 0.3 is 6.09 Å². The van der Waals surface area contributed by atoms with E-state index < -0.39 is 6.10 Å². The summed E-state index contributed by atoms with van der Waals surface area (Å²) in [7, 11) is 1.75. The maximum atomic E-state index is 12.7. The Morgan fingerprint density at radius 2 is 1.88 bits per heavy atom. The molecule has 4 aliphatic heterocycles. The molecule has 242 valence electrons. The highest BCUT2D eigenvalue weighted by atomic mass is 16.6. The van der Waals surface area contributed by atoms with Crippen molar-refractivity contribution in [1.82, 2.24) is 10.2 Å². The van der Waals surface area contributed by atoms with E-state index in [1.807, 2.05) is 6.92 Å². The summed E-state index contributed by atoms with van der Waals surface area (Å²) in [6.45, 7) is 15.4. The van der Waals surface area contributed by atoms with Crippen molar-refractivity contribution in [3.8, 4) is 0 Å². The van der Waals surface area contributed by atoms with Gasteiger partial charge in [0, 0.05) is 32.7 Å². The van der Waals surface area contributed by atoms with Crippen LogP contribution < -0.4 is 5.32 Å². The van der Waals surface area contributed by atoms with Gasteiger partial charge in [-0.25, -0.2) is 4.79 Å². The first-order chi connectivity index (χ1) is 20.3. The number of morpholine rings is 1. The van der Waals surface area contributed by atoms with E-state index in [0.29, 0.717) is 38.1 Å². The van der Waals surface area contributed by atoms with Crippen molar-refractivity contribution in [1.29, 1.82) is 0 Å². The SMILES string of the molecule is CO[C@@H]1[C@@H](/C=C/[C@@]2(C)C[C@@H]2C[C@@H]2O[C@H](C)[C@H](NC(=O)/C=C\[C@H](C)OC(=O)N3CCOCC3)C[C@@H]2C)OC(C)(C)C[C@@]12CO2. The van der Waals surface area contributed by atoms with Gasteiger partial charge in [-0.2, -0.15) is 0 Å². The van der Waals surface area contributed by atoms with Crippen molar-refractivity contribution in [3.05, 3.63) is 24.3 Å². The monoisotopic (exact) mass is 604 g/mol. The minimum atomic E-state index is -0.508. The standard InChI is InChI=1S/C33H52N2O8/c1-21-16-25(34-28(36)9-8-22(2)41-30(37)35-12-14-39-15-13-35)23(3)42-27(21)17-24-18-32(24,6)11-10-26-29(38-7)33(20-40-33)19-31(4,5)43-26/h8-11,21-27,29H,12-20H2,1-7H3,(H,34,36)/b9-8-,11-10+/t21-,22-,23+,24-,25+,26+,27-,29+,32-,33+/m0/s1. The first kappa shape index (κ1) is 32.4. The van der Waals surface area contributed by atoms with Crippen LogP contribution in [-0.2, 0) is 33.2 Å². The molecule has 5 aliphatic rings. The van der Waals surface area contributed by atoms with Gasteiger partial charge in [-0.1, -0.05) is 26.0 Å². The Morgan fingerprint density at radius 3 is 2.56 bits per heavy atom. The fraction of sp³-hybridized carbons (Fsp3) is 0.818. The van der Waals surface area contributed by atoms with Crippen molar-refractivity contribution in [3.63, 3.8) is 0 Å². The summed E-state index contributed by atoms with van der Waals surface area (Å²) >= 11 is 0. The van der Waals surface area contributed by atoms with E-state index in [1.165, 1.54) is 6.08 Å². The van der Waals surface area contributed by atoms with E-state index in [-0.39, 0.29) is 59.1 Å². The fourth-order valence-corrected chi connectivity index (χ4v) is 7.25. The van der Waals surface area contributed by atoms with Gasteiger partial charge in [0.1, 0.15) is 23.9 Å². The number of rotatable bonds is 9. The molecule has 5 rings (SSSR count). The molecule has 1 saturated carbocycles. The number of hydrogen-bond donors (Lipinski definition) is 1. The predicted molar refractivity (Wildman–Crippen MR) is 161 cm³/mol. The number of methoxy groups -OCH3 is 1. The molecule has 1 aliphatic carbocycles. The first-order valence-corrected chi connectivity index (χ1v) is 16.0. The van der Waals surface area contributed by atoms with Gasteiger partial charge in [-0.05, 0) is 70.3 Å². The molecule has 1 N–H and O–H groups in total. The number of allylic oxidation sites excluding steroid dienone is 1. The third kappa shape index (κ3) is 7.82. The molecule has 4 heterocycles. The van der Waals surface area contributed by atoms with E-state index in [0.717, 1.165) is 32.3 Å². The molecular weight excluding hydrogens is 552 g/mol. The number of epoxide rings is 1. The zero-order chi connectivity index (χ0) is 31.0. The van der Waals surface area contributed by atoms with Crippen molar-refractivity contribution in [2.24, 2.45) is 17.3 Å². The number of ether oxygens (including phenoxy) is 6. The molecule has 0 aromatic carbocycles. The zero-order valence-corrected chi connectivity index (χ0v) is 27.0. The van der Waals surface area contributed by atoms with E-state index in [1.54, 1.807) is 25.0 Å². The molecule has 0 bridgehead atoms. The molecule has 10 heteroatoms. The lowest BCUT2D eigenvalue weighted by Gasteiger charge is -2.43. The Balaban J connectivity index is 1.07. The summed E-state index contributed by atoms with van der Waals surface area (Å²) in [6.07, 6.45) is 10.4. The van der Waals surface area contributed by atoms with E-state index in [9.17, 15) is 9.59 Å². The maximum Gasteiger partial charge on any atom is 0.410 e. The lowest BCUT2D eigenvalue weighted by Crippen LogP contribution is -2.54. The smallest absolute Gasteiger partial charge is 0.410 e. The van der Waals surface area contributed by atoms with Crippen LogP contribution in [0.1, 0.15) is 67.2 Å². The van der Waals surface area contributed by atoms with Gasteiger partial charge < -0.3 is 38.6 Å². The van der Waals surface area contributed by atoms with Gasteiger partial charge in [0.2, 0.25) is 5.91 Å². The van der Waals surface area contributed by atoms with Crippen LogP contribution in [0.4, 0.5) is 4.79 Å². The van der Waals surface area contributed by atoms with E-state index in [2.05, 4.69) is 45.2 Å². The Labute approximate surface area is 256 Å². The Morgan fingerprint density at radius 1 is 1.16 bits per heavy atom. The third-order valence-corrected chi connectivity index (χ3v) is 10.0. The lowest BCUT2D eigenvalue weighted by atomic mass is 9.82. The van der Waals surface area contributed by atoms with Gasteiger partial charge in [0.05, 0.1) is 43.7 Å². The number of carbonyl (C=O) groups is 2. The molecule has 0 unspecified atom stereocenters. The number of nitrogens with zero attached hydrogens (tertiary/aromatic N) is 1. The maximum absolute atomic E-state index is 12.7. The largest absolute Gasteiger partial charge is 0.442 e. The average Bonchev–Trinajstić information content (AvgIpc) is 3.86. The highest BCUT2D eigenvalue weighted by Gasteiger charge is 2.61. The van der Waals surface area contributed by atoms with Crippen LogP contribution in [-0.4, -0.2) is 105 Å². The van der Waals surface area contributed by atoms with Gasteiger partial charge in [-0.3, -0.25) is 4.79 Å². The van der Waals surface area contributed by atoms with Crippen LogP contribution in [0.25, 0.3) is 0 Å². The third-order valence-electron chi connectivity index (χ3n) is 10.0. The molecule has 4 saturated heterocycles. The molecule has 2 amide bonds. The second-order valence-corrected chi connectivity index (χ2v) is 14.3.